The molecule has 0 aliphatic carbocycles. The summed E-state index contributed by atoms with van der Waals surface area (Å²) in [6, 6.07) is 4.03. The largest absolute Gasteiger partial charge is 0.493 e. The highest BCUT2D eigenvalue weighted by molar-refractivity contribution is 5.82. The van der Waals surface area contributed by atoms with E-state index in [1.165, 1.54) is 25.9 Å². The number of nitrogens with zero attached hydrogens (tertiary/aromatic N) is 3. The lowest BCUT2D eigenvalue weighted by atomic mass is 10.2. The van der Waals surface area contributed by atoms with Gasteiger partial charge in [0.2, 0.25) is 5.95 Å². The number of nitrogens with one attached hydrogen (secondary N) is 1. The quantitative estimate of drug-likeness (QED) is 0.706. The molecule has 0 spiro atoms. The molecule has 1 saturated heterocycles. The summed E-state index contributed by atoms with van der Waals surface area (Å²) in [6.45, 7) is 10.2. The van der Waals surface area contributed by atoms with Crippen LogP contribution < -0.4 is 14.8 Å². The molecule has 6 heteroatoms. The Hall–Kier alpha value is -1.95. The van der Waals surface area contributed by atoms with Crippen LogP contribution in [0.4, 0.5) is 5.95 Å². The van der Waals surface area contributed by atoms with Crippen LogP contribution in [0.25, 0.3) is 11.0 Å². The van der Waals surface area contributed by atoms with Crippen LogP contribution in [0, 0.1) is 0 Å². The van der Waals surface area contributed by atoms with E-state index in [1.54, 1.807) is 7.11 Å². The summed E-state index contributed by atoms with van der Waals surface area (Å²) < 4.78 is 13.7. The third-order valence-electron chi connectivity index (χ3n) is 4.76. The highest BCUT2D eigenvalue weighted by Crippen LogP contribution is 2.33. The van der Waals surface area contributed by atoms with E-state index in [-0.39, 0.29) is 0 Å². The SMILES string of the molecule is CCNc1nc2cc(OCCCN3CCCC3)c(OC)cc2n1CC. The lowest BCUT2D eigenvalue weighted by molar-refractivity contribution is 0.254. The van der Waals surface area contributed by atoms with Crippen LogP contribution in [0.3, 0.4) is 0 Å². The third kappa shape index (κ3) is 4.00. The van der Waals surface area contributed by atoms with Crippen molar-refractivity contribution in [1.29, 1.82) is 0 Å². The van der Waals surface area contributed by atoms with Crippen molar-refractivity contribution in [3.8, 4) is 11.5 Å². The molecule has 1 aliphatic heterocycles. The lowest BCUT2D eigenvalue weighted by Gasteiger charge is -2.15. The van der Waals surface area contributed by atoms with E-state index in [0.717, 1.165) is 54.5 Å². The van der Waals surface area contributed by atoms with Crippen molar-refractivity contribution >= 4 is 17.0 Å². The van der Waals surface area contributed by atoms with Crippen LogP contribution in [0.1, 0.15) is 33.1 Å². The lowest BCUT2D eigenvalue weighted by Crippen LogP contribution is -2.21. The zero-order valence-electron chi connectivity index (χ0n) is 15.7. The number of hydrogen-bond acceptors (Lipinski definition) is 5. The summed E-state index contributed by atoms with van der Waals surface area (Å²) in [5, 5.41) is 3.32. The topological polar surface area (TPSA) is 51.6 Å². The van der Waals surface area contributed by atoms with Crippen LogP contribution in [0.5, 0.6) is 11.5 Å². The number of ether oxygens (including phenoxy) is 2. The van der Waals surface area contributed by atoms with E-state index in [1.807, 2.05) is 12.1 Å². The Balaban J connectivity index is 1.72. The molecule has 0 atom stereocenters. The zero-order valence-corrected chi connectivity index (χ0v) is 15.7. The molecular weight excluding hydrogens is 316 g/mol. The Kier molecular flexibility index (Phi) is 6.02. The van der Waals surface area contributed by atoms with Gasteiger partial charge in [-0.15, -0.1) is 0 Å². The molecule has 2 heterocycles. The molecule has 1 N–H and O–H groups in total. The van der Waals surface area contributed by atoms with Gasteiger partial charge in [0.1, 0.15) is 0 Å². The van der Waals surface area contributed by atoms with Crippen LogP contribution in [0.2, 0.25) is 0 Å². The van der Waals surface area contributed by atoms with E-state index < -0.39 is 0 Å². The number of benzene rings is 1. The van der Waals surface area contributed by atoms with Crippen LogP contribution in [-0.4, -0.2) is 54.3 Å². The van der Waals surface area contributed by atoms with Gasteiger partial charge in [-0.05, 0) is 46.2 Å². The molecule has 0 radical (unpaired) electrons. The Morgan fingerprint density at radius 1 is 1.16 bits per heavy atom. The first-order valence-electron chi connectivity index (χ1n) is 9.44. The molecule has 6 nitrogen and oxygen atoms in total. The first-order chi connectivity index (χ1) is 12.3. The first-order valence-corrected chi connectivity index (χ1v) is 9.44. The molecule has 0 bridgehead atoms. The maximum absolute atomic E-state index is 6.02. The zero-order chi connectivity index (χ0) is 17.6. The van der Waals surface area contributed by atoms with Gasteiger partial charge in [0.05, 0.1) is 24.8 Å². The summed E-state index contributed by atoms with van der Waals surface area (Å²) in [4.78, 5) is 7.22. The van der Waals surface area contributed by atoms with Crippen molar-refractivity contribution < 1.29 is 9.47 Å². The fourth-order valence-corrected chi connectivity index (χ4v) is 3.49. The maximum atomic E-state index is 6.02. The molecule has 1 aliphatic rings. The third-order valence-corrected chi connectivity index (χ3v) is 4.76. The fourth-order valence-electron chi connectivity index (χ4n) is 3.49. The minimum absolute atomic E-state index is 0.701. The van der Waals surface area contributed by atoms with Gasteiger partial charge >= 0.3 is 0 Å². The van der Waals surface area contributed by atoms with Crippen molar-refractivity contribution in [2.75, 3.05) is 45.2 Å². The van der Waals surface area contributed by atoms with Gasteiger partial charge in [0.15, 0.2) is 11.5 Å². The first kappa shape index (κ1) is 17.9. The fraction of sp³-hybridized carbons (Fsp3) is 0.632. The van der Waals surface area contributed by atoms with Gasteiger partial charge in [0.25, 0.3) is 0 Å². The highest BCUT2D eigenvalue weighted by atomic mass is 16.5. The Labute approximate surface area is 150 Å². The van der Waals surface area contributed by atoms with E-state index in [0.29, 0.717) is 6.61 Å². The van der Waals surface area contributed by atoms with E-state index >= 15 is 0 Å². The molecule has 3 rings (SSSR count). The molecule has 2 aromatic rings. The molecule has 0 saturated carbocycles. The summed E-state index contributed by atoms with van der Waals surface area (Å²) >= 11 is 0. The second-order valence-corrected chi connectivity index (χ2v) is 6.45. The summed E-state index contributed by atoms with van der Waals surface area (Å²) in [5.41, 5.74) is 2.01. The minimum Gasteiger partial charge on any atom is -0.493 e. The molecular formula is C19H30N4O2. The van der Waals surface area contributed by atoms with Crippen molar-refractivity contribution in [3.63, 3.8) is 0 Å². The summed E-state index contributed by atoms with van der Waals surface area (Å²) in [5.74, 6) is 2.44. The smallest absolute Gasteiger partial charge is 0.203 e. The van der Waals surface area contributed by atoms with Gasteiger partial charge < -0.3 is 24.3 Å². The number of anilines is 1. The molecule has 0 unspecified atom stereocenters. The summed E-state index contributed by atoms with van der Waals surface area (Å²) in [6.07, 6.45) is 3.70. The van der Waals surface area contributed by atoms with Crippen LogP contribution in [-0.2, 0) is 6.54 Å². The monoisotopic (exact) mass is 346 g/mol. The molecule has 1 fully saturated rings. The van der Waals surface area contributed by atoms with Gasteiger partial charge in [-0.25, -0.2) is 4.98 Å². The van der Waals surface area contributed by atoms with Gasteiger partial charge in [-0.2, -0.15) is 0 Å². The van der Waals surface area contributed by atoms with Crippen molar-refractivity contribution in [2.45, 2.75) is 39.7 Å². The predicted octanol–water partition coefficient (Wildman–Crippen LogP) is 3.36. The Morgan fingerprint density at radius 3 is 2.64 bits per heavy atom. The number of rotatable bonds is 9. The average molecular weight is 346 g/mol. The Morgan fingerprint density at radius 2 is 1.96 bits per heavy atom. The standard InChI is InChI=1S/C19H30N4O2/c1-4-20-19-21-15-13-18(17(24-3)14-16(15)23(19)5-2)25-12-8-11-22-9-6-7-10-22/h13-14H,4-12H2,1-3H3,(H,20,21). The minimum atomic E-state index is 0.701. The van der Waals surface area contributed by atoms with E-state index in [2.05, 4.69) is 28.6 Å². The normalized spacial score (nSPS) is 15.0. The number of hydrogen-bond donors (Lipinski definition) is 1. The molecule has 1 aromatic carbocycles. The number of imidazole rings is 1. The van der Waals surface area contributed by atoms with Crippen LogP contribution >= 0.6 is 0 Å². The van der Waals surface area contributed by atoms with Crippen molar-refractivity contribution in [2.24, 2.45) is 0 Å². The number of likely N-dealkylation sites (tertiary alicyclic amines) is 1. The van der Waals surface area contributed by atoms with Gasteiger partial charge in [0, 0.05) is 31.8 Å². The number of methoxy groups -OCH3 is 1. The van der Waals surface area contributed by atoms with E-state index in [9.17, 15) is 0 Å². The average Bonchev–Trinajstić information content (AvgIpc) is 3.25. The molecule has 25 heavy (non-hydrogen) atoms. The molecule has 1 aromatic heterocycles. The van der Waals surface area contributed by atoms with Gasteiger partial charge in [-0.3, -0.25) is 0 Å². The predicted molar refractivity (Wildman–Crippen MR) is 102 cm³/mol. The second kappa shape index (κ2) is 8.43. The maximum Gasteiger partial charge on any atom is 0.203 e. The molecule has 0 amide bonds. The highest BCUT2D eigenvalue weighted by Gasteiger charge is 2.15. The van der Waals surface area contributed by atoms with E-state index in [4.69, 9.17) is 14.5 Å². The number of aromatic nitrogens is 2. The number of aryl methyl sites for hydroxylation is 1. The summed E-state index contributed by atoms with van der Waals surface area (Å²) in [7, 11) is 1.69. The van der Waals surface area contributed by atoms with Crippen LogP contribution in [0.15, 0.2) is 12.1 Å². The van der Waals surface area contributed by atoms with Crippen molar-refractivity contribution in [3.05, 3.63) is 12.1 Å². The molecule has 138 valence electrons. The Bertz CT molecular complexity index is 692. The number of fused-ring (bicyclic) bond motifs is 1. The second-order valence-electron chi connectivity index (χ2n) is 6.45. The van der Waals surface area contributed by atoms with Crippen molar-refractivity contribution in [1.82, 2.24) is 14.5 Å². The van der Waals surface area contributed by atoms with Gasteiger partial charge in [-0.1, -0.05) is 0 Å².